The maximum atomic E-state index is 12.2. The summed E-state index contributed by atoms with van der Waals surface area (Å²) in [6.07, 6.45) is 4.07. The van der Waals surface area contributed by atoms with E-state index in [1.807, 2.05) is 31.6 Å². The molecule has 0 radical (unpaired) electrons. The Morgan fingerprint density at radius 1 is 1.38 bits per heavy atom. The summed E-state index contributed by atoms with van der Waals surface area (Å²) in [6.45, 7) is 0.563. The third kappa shape index (κ3) is 4.74. The maximum absolute atomic E-state index is 12.2. The van der Waals surface area contributed by atoms with E-state index in [1.54, 1.807) is 23.7 Å². The summed E-state index contributed by atoms with van der Waals surface area (Å²) >= 11 is 1.66. The first-order valence-electron chi connectivity index (χ1n) is 8.31. The molecule has 7 nitrogen and oxygen atoms in total. The van der Waals surface area contributed by atoms with Crippen LogP contribution >= 0.6 is 11.3 Å². The van der Waals surface area contributed by atoms with Gasteiger partial charge >= 0.3 is 0 Å². The van der Waals surface area contributed by atoms with Crippen LogP contribution in [0.5, 0.6) is 0 Å². The zero-order valence-electron chi connectivity index (χ0n) is 14.8. The lowest BCUT2D eigenvalue weighted by Crippen LogP contribution is -2.34. The van der Waals surface area contributed by atoms with Gasteiger partial charge in [-0.3, -0.25) is 9.78 Å². The van der Waals surface area contributed by atoms with Gasteiger partial charge in [0, 0.05) is 37.3 Å². The highest BCUT2D eigenvalue weighted by atomic mass is 32.1. The van der Waals surface area contributed by atoms with E-state index < -0.39 is 0 Å². The van der Waals surface area contributed by atoms with Gasteiger partial charge < -0.3 is 14.7 Å². The van der Waals surface area contributed by atoms with Crippen LogP contribution in [-0.4, -0.2) is 46.6 Å². The minimum absolute atomic E-state index is 0.0341. The van der Waals surface area contributed by atoms with Crippen LogP contribution in [0.3, 0.4) is 0 Å². The molecule has 0 aliphatic carbocycles. The average Bonchev–Trinajstić information content (AvgIpc) is 3.33. The van der Waals surface area contributed by atoms with Crippen LogP contribution in [0.4, 0.5) is 0 Å². The molecule has 0 fully saturated rings. The van der Waals surface area contributed by atoms with Crippen LogP contribution in [-0.2, 0) is 11.2 Å². The number of rotatable bonds is 8. The Kier molecular flexibility index (Phi) is 6.08. The molecular weight excluding hydrogens is 350 g/mol. The summed E-state index contributed by atoms with van der Waals surface area (Å²) in [4.78, 5) is 22.6. The van der Waals surface area contributed by atoms with E-state index in [9.17, 15) is 4.79 Å². The number of amides is 1. The van der Waals surface area contributed by atoms with E-state index in [0.717, 1.165) is 5.56 Å². The molecule has 1 N–H and O–H groups in total. The van der Waals surface area contributed by atoms with Crippen molar-refractivity contribution in [2.75, 3.05) is 20.6 Å². The SMILES string of the molecule is CN(C)C(CNC(=O)CCc1nc(-c2cccnc2)no1)c1ccsc1. The van der Waals surface area contributed by atoms with Gasteiger partial charge in [-0.2, -0.15) is 16.3 Å². The van der Waals surface area contributed by atoms with E-state index in [-0.39, 0.29) is 11.9 Å². The van der Waals surface area contributed by atoms with Crippen LogP contribution in [0, 0.1) is 0 Å². The van der Waals surface area contributed by atoms with Crippen LogP contribution in [0.1, 0.15) is 23.9 Å². The second kappa shape index (κ2) is 8.68. The van der Waals surface area contributed by atoms with Crippen molar-refractivity contribution < 1.29 is 9.32 Å². The number of nitrogens with zero attached hydrogens (tertiary/aromatic N) is 4. The quantitative estimate of drug-likeness (QED) is 0.655. The Balaban J connectivity index is 1.49. The van der Waals surface area contributed by atoms with Crippen LogP contribution < -0.4 is 5.32 Å². The minimum atomic E-state index is -0.0341. The molecule has 0 aromatic carbocycles. The van der Waals surface area contributed by atoms with E-state index in [2.05, 4.69) is 36.8 Å². The lowest BCUT2D eigenvalue weighted by molar-refractivity contribution is -0.121. The Morgan fingerprint density at radius 3 is 2.96 bits per heavy atom. The molecule has 0 saturated carbocycles. The number of hydrogen-bond acceptors (Lipinski definition) is 7. The van der Waals surface area contributed by atoms with Crippen molar-refractivity contribution in [1.29, 1.82) is 0 Å². The van der Waals surface area contributed by atoms with Crippen LogP contribution in [0.25, 0.3) is 11.4 Å². The summed E-state index contributed by atoms with van der Waals surface area (Å²) in [7, 11) is 4.01. The normalized spacial score (nSPS) is 12.3. The lowest BCUT2D eigenvalue weighted by atomic mass is 10.1. The van der Waals surface area contributed by atoms with Crippen LogP contribution in [0.15, 0.2) is 45.9 Å². The molecule has 3 aromatic heterocycles. The predicted molar refractivity (Wildman–Crippen MR) is 99.6 cm³/mol. The first-order valence-corrected chi connectivity index (χ1v) is 9.26. The zero-order valence-corrected chi connectivity index (χ0v) is 15.6. The summed E-state index contributed by atoms with van der Waals surface area (Å²) in [6, 6.07) is 5.92. The van der Waals surface area contributed by atoms with Gasteiger partial charge in [-0.15, -0.1) is 0 Å². The summed E-state index contributed by atoms with van der Waals surface area (Å²) in [5, 5.41) is 11.1. The number of aromatic nitrogens is 3. The van der Waals surface area contributed by atoms with E-state index in [4.69, 9.17) is 4.52 Å². The number of carbonyl (C=O) groups excluding carboxylic acids is 1. The fourth-order valence-corrected chi connectivity index (χ4v) is 3.26. The van der Waals surface area contributed by atoms with E-state index >= 15 is 0 Å². The molecule has 1 atom stereocenters. The van der Waals surface area contributed by atoms with E-state index in [0.29, 0.717) is 31.1 Å². The summed E-state index contributed by atoms with van der Waals surface area (Å²) in [5.41, 5.74) is 2.00. The summed E-state index contributed by atoms with van der Waals surface area (Å²) < 4.78 is 5.22. The third-order valence-corrected chi connectivity index (χ3v) is 4.70. The predicted octanol–water partition coefficient (Wildman–Crippen LogP) is 2.54. The Hall–Kier alpha value is -2.58. The smallest absolute Gasteiger partial charge is 0.227 e. The number of aryl methyl sites for hydroxylation is 1. The molecule has 0 aliphatic heterocycles. The number of carbonyl (C=O) groups is 1. The van der Waals surface area contributed by atoms with Gasteiger partial charge in [0.2, 0.25) is 17.6 Å². The number of pyridine rings is 1. The van der Waals surface area contributed by atoms with Crippen molar-refractivity contribution in [2.45, 2.75) is 18.9 Å². The van der Waals surface area contributed by atoms with Crippen molar-refractivity contribution in [3.05, 3.63) is 52.8 Å². The standard InChI is InChI=1S/C18H21N5O2S/c1-23(2)15(14-7-9-26-12-14)11-20-16(24)5-6-17-21-18(22-25-17)13-4-3-8-19-10-13/h3-4,7-10,12,15H,5-6,11H2,1-2H3,(H,20,24). The highest BCUT2D eigenvalue weighted by Gasteiger charge is 2.16. The summed E-state index contributed by atoms with van der Waals surface area (Å²) in [5.74, 6) is 0.896. The highest BCUT2D eigenvalue weighted by molar-refractivity contribution is 7.07. The Labute approximate surface area is 156 Å². The Bertz CT molecular complexity index is 817. The first kappa shape index (κ1) is 18.2. The fraction of sp³-hybridized carbons (Fsp3) is 0.333. The molecule has 0 aliphatic rings. The molecule has 3 heterocycles. The zero-order chi connectivity index (χ0) is 18.4. The molecule has 26 heavy (non-hydrogen) atoms. The molecule has 3 aromatic rings. The van der Waals surface area contributed by atoms with Crippen molar-refractivity contribution >= 4 is 17.2 Å². The number of likely N-dealkylation sites (N-methyl/N-ethyl adjacent to an activating group) is 1. The highest BCUT2D eigenvalue weighted by Crippen LogP contribution is 2.20. The van der Waals surface area contributed by atoms with Gasteiger partial charge in [0.25, 0.3) is 0 Å². The largest absolute Gasteiger partial charge is 0.354 e. The lowest BCUT2D eigenvalue weighted by Gasteiger charge is -2.23. The van der Waals surface area contributed by atoms with Crippen molar-refractivity contribution in [3.63, 3.8) is 0 Å². The average molecular weight is 371 g/mol. The molecule has 0 saturated heterocycles. The number of thiophene rings is 1. The number of hydrogen-bond donors (Lipinski definition) is 1. The van der Waals surface area contributed by atoms with Crippen molar-refractivity contribution in [2.24, 2.45) is 0 Å². The third-order valence-electron chi connectivity index (χ3n) is 4.00. The van der Waals surface area contributed by atoms with Gasteiger partial charge in [0.1, 0.15) is 0 Å². The molecule has 1 unspecified atom stereocenters. The fourth-order valence-electron chi connectivity index (χ4n) is 2.55. The van der Waals surface area contributed by atoms with Crippen LogP contribution in [0.2, 0.25) is 0 Å². The van der Waals surface area contributed by atoms with Gasteiger partial charge in [0.15, 0.2) is 0 Å². The van der Waals surface area contributed by atoms with E-state index in [1.165, 1.54) is 5.56 Å². The molecule has 136 valence electrons. The second-order valence-corrected chi connectivity index (χ2v) is 6.87. The molecule has 3 rings (SSSR count). The monoisotopic (exact) mass is 371 g/mol. The molecule has 1 amide bonds. The first-order chi connectivity index (χ1) is 12.6. The Morgan fingerprint density at radius 2 is 2.27 bits per heavy atom. The minimum Gasteiger partial charge on any atom is -0.354 e. The molecular formula is C18H21N5O2S. The molecule has 0 bridgehead atoms. The van der Waals surface area contributed by atoms with Gasteiger partial charge in [0.05, 0.1) is 6.04 Å². The van der Waals surface area contributed by atoms with Crippen molar-refractivity contribution in [3.8, 4) is 11.4 Å². The van der Waals surface area contributed by atoms with Gasteiger partial charge in [-0.1, -0.05) is 5.16 Å². The van der Waals surface area contributed by atoms with Gasteiger partial charge in [-0.05, 0) is 48.6 Å². The topological polar surface area (TPSA) is 84.2 Å². The maximum Gasteiger partial charge on any atom is 0.227 e. The molecule has 8 heteroatoms. The molecule has 0 spiro atoms. The number of nitrogens with one attached hydrogen (secondary N) is 1. The van der Waals surface area contributed by atoms with Crippen molar-refractivity contribution in [1.82, 2.24) is 25.3 Å². The van der Waals surface area contributed by atoms with Gasteiger partial charge in [-0.25, -0.2) is 0 Å². The second-order valence-electron chi connectivity index (χ2n) is 6.09.